The highest BCUT2D eigenvalue weighted by Crippen LogP contribution is 2.28. The molecular weight excluding hydrogens is 316 g/mol. The Hall–Kier alpha value is -1.18. The summed E-state index contributed by atoms with van der Waals surface area (Å²) in [4.78, 5) is 15.2. The molecule has 1 aromatic rings. The van der Waals surface area contributed by atoms with Gasteiger partial charge in [-0.1, -0.05) is 33.6 Å². The van der Waals surface area contributed by atoms with Gasteiger partial charge in [-0.05, 0) is 12.3 Å². The minimum atomic E-state index is -0.250. The molecule has 1 aromatic heterocycles. The van der Waals surface area contributed by atoms with Crippen molar-refractivity contribution < 1.29 is 19.7 Å². The van der Waals surface area contributed by atoms with E-state index in [1.54, 1.807) is 11.3 Å². The first-order valence-corrected chi connectivity index (χ1v) is 8.97. The number of rotatable bonds is 6. The fourth-order valence-electron chi connectivity index (χ4n) is 2.50. The van der Waals surface area contributed by atoms with Gasteiger partial charge in [0.25, 0.3) is 6.47 Å². The maximum absolute atomic E-state index is 9.16. The maximum Gasteiger partial charge on any atom is 0.290 e. The van der Waals surface area contributed by atoms with E-state index in [1.807, 2.05) is 5.38 Å². The van der Waals surface area contributed by atoms with Crippen LogP contribution in [0.4, 0.5) is 5.13 Å². The molecule has 1 aliphatic rings. The fraction of sp³-hybridized carbons (Fsp3) is 0.750. The van der Waals surface area contributed by atoms with Gasteiger partial charge in [-0.3, -0.25) is 4.79 Å². The van der Waals surface area contributed by atoms with Crippen LogP contribution in [0.1, 0.15) is 45.7 Å². The van der Waals surface area contributed by atoms with E-state index in [1.165, 1.54) is 12.8 Å². The van der Waals surface area contributed by atoms with Crippen LogP contribution >= 0.6 is 11.3 Å². The average Bonchev–Trinajstić information content (AvgIpc) is 3.02. The Kier molecular flexibility index (Phi) is 9.13. The molecule has 23 heavy (non-hydrogen) atoms. The maximum atomic E-state index is 9.16. The SMILES string of the molecule is CCCC[C@@H]1CN(c2nc(CO)cs2)C[C@H](C(C)C)O1.O=CO. The standard InChI is InChI=1S/C15H26N2O2S.CH2O2/c1-4-5-6-13-7-17(8-14(19-13)11(2)3)15-16-12(9-18)10-20-15;2-1-3/h10-11,13-14,18H,4-9H2,1-3H3;1H,(H,2,3)/t13-,14-;/m1./s1. The monoisotopic (exact) mass is 344 g/mol. The molecule has 1 fully saturated rings. The summed E-state index contributed by atoms with van der Waals surface area (Å²) < 4.78 is 6.22. The molecule has 0 unspecified atom stereocenters. The molecule has 0 amide bonds. The van der Waals surface area contributed by atoms with E-state index in [0.29, 0.717) is 12.0 Å². The van der Waals surface area contributed by atoms with Gasteiger partial charge in [-0.2, -0.15) is 0 Å². The number of hydrogen-bond donors (Lipinski definition) is 2. The minimum absolute atomic E-state index is 0.0215. The Bertz CT molecular complexity index is 453. The summed E-state index contributed by atoms with van der Waals surface area (Å²) in [5, 5.41) is 19.0. The number of nitrogens with zero attached hydrogens (tertiary/aromatic N) is 2. The number of aliphatic hydroxyl groups excluding tert-OH is 1. The molecule has 1 aliphatic heterocycles. The van der Waals surface area contributed by atoms with E-state index in [-0.39, 0.29) is 19.2 Å². The zero-order valence-electron chi connectivity index (χ0n) is 14.1. The van der Waals surface area contributed by atoms with Gasteiger partial charge in [0.05, 0.1) is 24.5 Å². The molecule has 2 atom stereocenters. The third-order valence-electron chi connectivity index (χ3n) is 3.79. The molecule has 0 radical (unpaired) electrons. The Morgan fingerprint density at radius 3 is 2.74 bits per heavy atom. The molecule has 1 saturated heterocycles. The quantitative estimate of drug-likeness (QED) is 0.772. The summed E-state index contributed by atoms with van der Waals surface area (Å²) >= 11 is 1.62. The van der Waals surface area contributed by atoms with Crippen molar-refractivity contribution >= 4 is 22.9 Å². The molecule has 0 saturated carbocycles. The first kappa shape index (κ1) is 19.9. The normalized spacial score (nSPS) is 21.0. The molecular formula is C16H28N2O4S. The predicted molar refractivity (Wildman–Crippen MR) is 92.0 cm³/mol. The van der Waals surface area contributed by atoms with Crippen LogP contribution in [0.25, 0.3) is 0 Å². The van der Waals surface area contributed by atoms with Crippen molar-refractivity contribution in [1.29, 1.82) is 0 Å². The lowest BCUT2D eigenvalue weighted by Gasteiger charge is -2.39. The van der Waals surface area contributed by atoms with Crippen molar-refractivity contribution in [3.8, 4) is 0 Å². The number of aliphatic hydroxyl groups is 1. The number of unbranched alkanes of at least 4 members (excludes halogenated alkanes) is 1. The number of ether oxygens (including phenoxy) is 1. The second-order valence-electron chi connectivity index (χ2n) is 5.97. The van der Waals surface area contributed by atoms with E-state index in [9.17, 15) is 0 Å². The largest absolute Gasteiger partial charge is 0.483 e. The van der Waals surface area contributed by atoms with Crippen LogP contribution in [0.3, 0.4) is 0 Å². The van der Waals surface area contributed by atoms with Crippen LogP contribution in [0.2, 0.25) is 0 Å². The molecule has 7 heteroatoms. The molecule has 6 nitrogen and oxygen atoms in total. The van der Waals surface area contributed by atoms with Crippen LogP contribution in [0.15, 0.2) is 5.38 Å². The van der Waals surface area contributed by atoms with Gasteiger partial charge >= 0.3 is 0 Å². The highest BCUT2D eigenvalue weighted by molar-refractivity contribution is 7.13. The zero-order valence-corrected chi connectivity index (χ0v) is 15.0. The molecule has 2 rings (SSSR count). The van der Waals surface area contributed by atoms with Crippen molar-refractivity contribution in [2.45, 2.75) is 58.8 Å². The molecule has 0 aromatic carbocycles. The van der Waals surface area contributed by atoms with Crippen LogP contribution in [0.5, 0.6) is 0 Å². The highest BCUT2D eigenvalue weighted by Gasteiger charge is 2.30. The summed E-state index contributed by atoms with van der Waals surface area (Å²) in [6.07, 6.45) is 4.11. The van der Waals surface area contributed by atoms with Crippen molar-refractivity contribution in [2.75, 3.05) is 18.0 Å². The molecule has 0 aliphatic carbocycles. The minimum Gasteiger partial charge on any atom is -0.483 e. The number of anilines is 1. The summed E-state index contributed by atoms with van der Waals surface area (Å²) in [5.74, 6) is 0.513. The van der Waals surface area contributed by atoms with E-state index in [0.717, 1.165) is 30.3 Å². The average molecular weight is 344 g/mol. The summed E-state index contributed by atoms with van der Waals surface area (Å²) in [6.45, 7) is 8.24. The second-order valence-corrected chi connectivity index (χ2v) is 6.81. The number of morpholine rings is 1. The summed E-state index contributed by atoms with van der Waals surface area (Å²) in [5.41, 5.74) is 0.766. The number of thiazole rings is 1. The topological polar surface area (TPSA) is 82.9 Å². The van der Waals surface area contributed by atoms with Gasteiger partial charge in [-0.15, -0.1) is 11.3 Å². The van der Waals surface area contributed by atoms with Crippen molar-refractivity contribution in [3.05, 3.63) is 11.1 Å². The van der Waals surface area contributed by atoms with E-state index in [4.69, 9.17) is 19.7 Å². The van der Waals surface area contributed by atoms with Gasteiger partial charge in [0, 0.05) is 18.5 Å². The Morgan fingerprint density at radius 1 is 1.52 bits per heavy atom. The van der Waals surface area contributed by atoms with Gasteiger partial charge in [0.1, 0.15) is 0 Å². The number of carbonyl (C=O) groups is 1. The number of aromatic nitrogens is 1. The lowest BCUT2D eigenvalue weighted by Crippen LogP contribution is -2.49. The Morgan fingerprint density at radius 2 is 2.22 bits per heavy atom. The lowest BCUT2D eigenvalue weighted by atomic mass is 10.0. The van der Waals surface area contributed by atoms with Crippen molar-refractivity contribution in [1.82, 2.24) is 4.98 Å². The zero-order chi connectivity index (χ0) is 17.2. The third-order valence-corrected chi connectivity index (χ3v) is 4.74. The number of carboxylic acid groups (broad SMARTS) is 1. The van der Waals surface area contributed by atoms with E-state index in [2.05, 4.69) is 30.7 Å². The third kappa shape index (κ3) is 6.45. The predicted octanol–water partition coefficient (Wildman–Crippen LogP) is 2.76. The van der Waals surface area contributed by atoms with Gasteiger partial charge in [-0.25, -0.2) is 4.98 Å². The Balaban J connectivity index is 0.000000816. The Labute approximate surface area is 142 Å². The van der Waals surface area contributed by atoms with Crippen LogP contribution in [0, 0.1) is 5.92 Å². The highest BCUT2D eigenvalue weighted by atomic mass is 32.1. The van der Waals surface area contributed by atoms with Crippen LogP contribution in [-0.2, 0) is 16.1 Å². The number of hydrogen-bond acceptors (Lipinski definition) is 6. The van der Waals surface area contributed by atoms with E-state index >= 15 is 0 Å². The molecule has 0 spiro atoms. The van der Waals surface area contributed by atoms with E-state index < -0.39 is 0 Å². The molecule has 132 valence electrons. The lowest BCUT2D eigenvalue weighted by molar-refractivity contribution is -0.122. The van der Waals surface area contributed by atoms with Crippen molar-refractivity contribution in [3.63, 3.8) is 0 Å². The summed E-state index contributed by atoms with van der Waals surface area (Å²) in [6, 6.07) is 0. The second kappa shape index (κ2) is 10.6. The van der Waals surface area contributed by atoms with Gasteiger partial charge < -0.3 is 19.8 Å². The molecule has 0 bridgehead atoms. The van der Waals surface area contributed by atoms with Gasteiger partial charge in [0.15, 0.2) is 5.13 Å². The smallest absolute Gasteiger partial charge is 0.290 e. The first-order chi connectivity index (χ1) is 11.0. The van der Waals surface area contributed by atoms with Gasteiger partial charge in [0.2, 0.25) is 0 Å². The fourth-order valence-corrected chi connectivity index (χ4v) is 3.34. The summed E-state index contributed by atoms with van der Waals surface area (Å²) in [7, 11) is 0. The first-order valence-electron chi connectivity index (χ1n) is 8.09. The molecule has 2 N–H and O–H groups in total. The van der Waals surface area contributed by atoms with Crippen LogP contribution in [-0.4, -0.2) is 47.0 Å². The van der Waals surface area contributed by atoms with Crippen LogP contribution < -0.4 is 4.90 Å². The van der Waals surface area contributed by atoms with Crippen molar-refractivity contribution in [2.24, 2.45) is 5.92 Å². The molecule has 2 heterocycles.